The van der Waals surface area contributed by atoms with E-state index in [1.807, 2.05) is 0 Å². The van der Waals surface area contributed by atoms with Gasteiger partial charge in [0.15, 0.2) is 0 Å². The monoisotopic (exact) mass is 482 g/mol. The van der Waals surface area contributed by atoms with Crippen molar-refractivity contribution in [3.05, 3.63) is 23.8 Å². The van der Waals surface area contributed by atoms with Crippen molar-refractivity contribution in [2.24, 2.45) is 23.7 Å². The van der Waals surface area contributed by atoms with Crippen molar-refractivity contribution < 1.29 is 34.0 Å². The molecule has 0 aromatic rings. The molecule has 0 bridgehead atoms. The maximum absolute atomic E-state index is 11.8. The molecule has 0 aromatic carbocycles. The van der Waals surface area contributed by atoms with E-state index in [0.717, 1.165) is 18.4 Å². The lowest BCUT2D eigenvalue weighted by atomic mass is 9.81. The Kier molecular flexibility index (Phi) is 10.8. The van der Waals surface area contributed by atoms with Gasteiger partial charge in [0.2, 0.25) is 0 Å². The molecule has 2 heterocycles. The fourth-order valence-corrected chi connectivity index (χ4v) is 5.70. The highest BCUT2D eigenvalue weighted by Crippen LogP contribution is 2.47. The lowest BCUT2D eigenvalue weighted by molar-refractivity contribution is -0.153. The molecule has 34 heavy (non-hydrogen) atoms. The molecule has 7 heteroatoms. The number of carbonyl (C=O) groups is 1. The van der Waals surface area contributed by atoms with Crippen LogP contribution in [0.5, 0.6) is 0 Å². The predicted octanol–water partition coefficient (Wildman–Crippen LogP) is 3.67. The first kappa shape index (κ1) is 29.0. The molecule has 7 nitrogen and oxygen atoms in total. The average molecular weight is 483 g/mol. The number of esters is 1. The van der Waals surface area contributed by atoms with Gasteiger partial charge in [0.05, 0.1) is 49.7 Å². The van der Waals surface area contributed by atoms with Crippen molar-refractivity contribution in [1.29, 1.82) is 0 Å². The first-order valence-corrected chi connectivity index (χ1v) is 12.5. The van der Waals surface area contributed by atoms with E-state index in [4.69, 9.17) is 18.9 Å². The number of methoxy groups -OCH3 is 2. The summed E-state index contributed by atoms with van der Waals surface area (Å²) in [6.07, 6.45) is 7.03. The largest absolute Gasteiger partial charge is 0.469 e. The molecule has 0 spiro atoms. The predicted molar refractivity (Wildman–Crippen MR) is 131 cm³/mol. The van der Waals surface area contributed by atoms with Crippen LogP contribution in [0.2, 0.25) is 0 Å². The van der Waals surface area contributed by atoms with E-state index >= 15 is 0 Å². The van der Waals surface area contributed by atoms with E-state index in [-0.39, 0.29) is 66.8 Å². The summed E-state index contributed by atoms with van der Waals surface area (Å²) in [5, 5.41) is 19.7. The SMILES string of the molecule is COC(=O)C[C@@H]1O[C@H](/C(C)=C/C=C/[C@@H](C)C[C@@]2(C)O[C@@H]2[C@H](C)[C@@H](OC)[C@@H](C)O)[C@@H](C)C[C@H]1CO. The number of hydrogen-bond acceptors (Lipinski definition) is 7. The first-order chi connectivity index (χ1) is 16.0. The number of epoxide rings is 1. The van der Waals surface area contributed by atoms with Gasteiger partial charge in [-0.2, -0.15) is 0 Å². The summed E-state index contributed by atoms with van der Waals surface area (Å²) >= 11 is 0. The Balaban J connectivity index is 1.94. The van der Waals surface area contributed by atoms with Gasteiger partial charge in [-0.25, -0.2) is 0 Å². The topological polar surface area (TPSA) is 97.8 Å². The average Bonchev–Trinajstić information content (AvgIpc) is 3.44. The van der Waals surface area contributed by atoms with Gasteiger partial charge in [0.1, 0.15) is 0 Å². The lowest BCUT2D eigenvalue weighted by Gasteiger charge is -2.40. The van der Waals surface area contributed by atoms with Crippen LogP contribution in [-0.4, -0.2) is 73.1 Å². The highest BCUT2D eigenvalue weighted by Gasteiger charge is 2.56. The molecule has 0 aliphatic carbocycles. The molecule has 196 valence electrons. The molecule has 0 radical (unpaired) electrons. The van der Waals surface area contributed by atoms with Gasteiger partial charge in [-0.1, -0.05) is 39.0 Å². The zero-order chi connectivity index (χ0) is 25.6. The molecule has 2 aliphatic heterocycles. The molecular weight excluding hydrogens is 436 g/mol. The minimum Gasteiger partial charge on any atom is -0.469 e. The summed E-state index contributed by atoms with van der Waals surface area (Å²) in [6.45, 7) is 12.3. The second-order valence-electron chi connectivity index (χ2n) is 10.7. The molecule has 2 aliphatic rings. The summed E-state index contributed by atoms with van der Waals surface area (Å²) < 4.78 is 22.6. The van der Waals surface area contributed by atoms with Gasteiger partial charge in [0, 0.05) is 25.6 Å². The molecule has 0 amide bonds. The minimum atomic E-state index is -0.539. The summed E-state index contributed by atoms with van der Waals surface area (Å²) in [4.78, 5) is 11.8. The second kappa shape index (κ2) is 12.6. The molecular formula is C27H46O7. The maximum Gasteiger partial charge on any atom is 0.308 e. The van der Waals surface area contributed by atoms with Crippen LogP contribution in [0.25, 0.3) is 0 Å². The lowest BCUT2D eigenvalue weighted by Crippen LogP contribution is -2.43. The molecule has 2 rings (SSSR count). The third-order valence-electron chi connectivity index (χ3n) is 7.53. The highest BCUT2D eigenvalue weighted by atomic mass is 16.6. The van der Waals surface area contributed by atoms with Gasteiger partial charge in [0.25, 0.3) is 0 Å². The molecule has 0 unspecified atom stereocenters. The summed E-state index contributed by atoms with van der Waals surface area (Å²) in [5.74, 6) is 0.292. The third kappa shape index (κ3) is 7.37. The van der Waals surface area contributed by atoms with Gasteiger partial charge in [-0.15, -0.1) is 0 Å². The van der Waals surface area contributed by atoms with E-state index in [0.29, 0.717) is 5.92 Å². The number of allylic oxidation sites excluding steroid dienone is 3. The standard InChI is InChI=1S/C27H46O7/c1-16(14-27(6)26(34-27)19(4)25(32-8)20(5)29)10-9-11-17(2)24-18(3)12-21(15-28)22(33-24)13-23(30)31-7/h9-11,16,18-22,24-26,28-29H,12-15H2,1-8H3/b10-9+,17-11+/t16-,18+,19-,20-,21+,22+,24-,25-,26-,27-/m1/s1. The smallest absolute Gasteiger partial charge is 0.308 e. The van der Waals surface area contributed by atoms with Crippen LogP contribution in [0.1, 0.15) is 60.8 Å². The first-order valence-electron chi connectivity index (χ1n) is 12.5. The quantitative estimate of drug-likeness (QED) is 0.249. The zero-order valence-electron chi connectivity index (χ0n) is 22.2. The van der Waals surface area contributed by atoms with Crippen LogP contribution in [0.3, 0.4) is 0 Å². The Bertz CT molecular complexity index is 718. The van der Waals surface area contributed by atoms with E-state index in [1.165, 1.54) is 7.11 Å². The molecule has 2 N–H and O–H groups in total. The zero-order valence-corrected chi connectivity index (χ0v) is 22.2. The van der Waals surface area contributed by atoms with Gasteiger partial charge in [-0.05, 0) is 51.0 Å². The number of ether oxygens (including phenoxy) is 4. The van der Waals surface area contributed by atoms with Crippen molar-refractivity contribution in [2.45, 2.75) is 96.9 Å². The van der Waals surface area contributed by atoms with Crippen LogP contribution in [0.4, 0.5) is 0 Å². The van der Waals surface area contributed by atoms with Crippen molar-refractivity contribution in [3.63, 3.8) is 0 Å². The van der Waals surface area contributed by atoms with Crippen LogP contribution >= 0.6 is 0 Å². The van der Waals surface area contributed by atoms with Crippen LogP contribution in [0.15, 0.2) is 23.8 Å². The number of aliphatic hydroxyl groups is 2. The minimum absolute atomic E-state index is 0.00168. The fourth-order valence-electron chi connectivity index (χ4n) is 5.70. The number of hydrogen-bond donors (Lipinski definition) is 2. The summed E-state index contributed by atoms with van der Waals surface area (Å²) in [6, 6.07) is 0. The maximum atomic E-state index is 11.8. The fraction of sp³-hybridized carbons (Fsp3) is 0.815. The molecule has 0 aromatic heterocycles. The third-order valence-corrected chi connectivity index (χ3v) is 7.53. The van der Waals surface area contributed by atoms with E-state index < -0.39 is 6.10 Å². The van der Waals surface area contributed by atoms with Gasteiger partial charge >= 0.3 is 5.97 Å². The van der Waals surface area contributed by atoms with Crippen molar-refractivity contribution in [1.82, 2.24) is 0 Å². The van der Waals surface area contributed by atoms with Crippen LogP contribution in [-0.2, 0) is 23.7 Å². The Morgan fingerprint density at radius 1 is 1.26 bits per heavy atom. The Morgan fingerprint density at radius 2 is 1.94 bits per heavy atom. The van der Waals surface area contributed by atoms with E-state index in [9.17, 15) is 15.0 Å². The van der Waals surface area contributed by atoms with E-state index in [2.05, 4.69) is 52.8 Å². The molecule has 10 atom stereocenters. The van der Waals surface area contributed by atoms with Crippen molar-refractivity contribution in [2.75, 3.05) is 20.8 Å². The highest BCUT2D eigenvalue weighted by molar-refractivity contribution is 5.69. The summed E-state index contributed by atoms with van der Waals surface area (Å²) in [7, 11) is 3.00. The van der Waals surface area contributed by atoms with Gasteiger partial charge < -0.3 is 29.2 Å². The second-order valence-corrected chi connectivity index (χ2v) is 10.7. The van der Waals surface area contributed by atoms with Crippen molar-refractivity contribution in [3.8, 4) is 0 Å². The van der Waals surface area contributed by atoms with Crippen molar-refractivity contribution >= 4 is 5.97 Å². The molecule has 0 saturated carbocycles. The Hall–Kier alpha value is -1.25. The van der Waals surface area contributed by atoms with Gasteiger partial charge in [-0.3, -0.25) is 4.79 Å². The van der Waals surface area contributed by atoms with Crippen LogP contribution in [0, 0.1) is 23.7 Å². The summed E-state index contributed by atoms with van der Waals surface area (Å²) in [5.41, 5.74) is 0.886. The molecule has 2 fully saturated rings. The Labute approximate surface area is 205 Å². The normalized spacial score (nSPS) is 35.6. The Morgan fingerprint density at radius 3 is 2.50 bits per heavy atom. The number of aliphatic hydroxyl groups excluding tert-OH is 2. The van der Waals surface area contributed by atoms with Crippen LogP contribution < -0.4 is 0 Å². The number of rotatable bonds is 12. The number of carbonyl (C=O) groups excluding carboxylic acids is 1. The van der Waals surface area contributed by atoms with E-state index in [1.54, 1.807) is 14.0 Å². The molecule has 2 saturated heterocycles.